The van der Waals surface area contributed by atoms with Crippen molar-refractivity contribution in [2.45, 2.75) is 25.2 Å². The first-order valence-corrected chi connectivity index (χ1v) is 9.18. The van der Waals surface area contributed by atoms with Gasteiger partial charge in [-0.25, -0.2) is 9.97 Å². The molecule has 0 radical (unpaired) electrons. The summed E-state index contributed by atoms with van der Waals surface area (Å²) in [6.07, 6.45) is 3.64. The van der Waals surface area contributed by atoms with Gasteiger partial charge in [-0.15, -0.1) is 0 Å². The summed E-state index contributed by atoms with van der Waals surface area (Å²) in [7, 11) is 1.73. The average Bonchev–Trinajstić information content (AvgIpc) is 2.65. The van der Waals surface area contributed by atoms with Crippen LogP contribution in [0.5, 0.6) is 5.75 Å². The van der Waals surface area contributed by atoms with Crippen LogP contribution in [-0.2, 0) is 0 Å². The number of nitrogens with zero attached hydrogens (tertiary/aromatic N) is 2. The number of hydrogen-bond donors (Lipinski definition) is 0. The molecule has 4 aromatic rings. The molecule has 1 aliphatic carbocycles. The Labute approximate surface area is 152 Å². The first kappa shape index (κ1) is 15.3. The van der Waals surface area contributed by atoms with E-state index in [1.807, 2.05) is 12.1 Å². The van der Waals surface area contributed by atoms with E-state index in [1.54, 1.807) is 7.11 Å². The standard InChI is InChI=1S/C23H20N2O/c1-26-20-14-13-15-7-2-3-10-17(15)21(20)22-18-11-4-5-12-19(18)24-23(25-22)16-8-6-9-16/h2-5,7,10-14,16H,6,8-9H2,1H3. The van der Waals surface area contributed by atoms with E-state index in [9.17, 15) is 0 Å². The number of para-hydroxylation sites is 1. The molecular formula is C23H20N2O. The van der Waals surface area contributed by atoms with Gasteiger partial charge in [0.05, 0.1) is 23.9 Å². The first-order valence-electron chi connectivity index (χ1n) is 9.18. The lowest BCUT2D eigenvalue weighted by Gasteiger charge is -2.25. The summed E-state index contributed by atoms with van der Waals surface area (Å²) in [6.45, 7) is 0. The third-order valence-corrected chi connectivity index (χ3v) is 5.44. The molecule has 5 rings (SSSR count). The molecule has 1 aromatic heterocycles. The maximum absolute atomic E-state index is 5.74. The Bertz CT molecular complexity index is 1120. The maximum Gasteiger partial charge on any atom is 0.132 e. The Balaban J connectivity index is 1.88. The van der Waals surface area contributed by atoms with Crippen LogP contribution < -0.4 is 4.74 Å². The zero-order chi connectivity index (χ0) is 17.5. The molecule has 3 aromatic carbocycles. The van der Waals surface area contributed by atoms with Crippen molar-refractivity contribution in [1.82, 2.24) is 9.97 Å². The second kappa shape index (κ2) is 6.10. The van der Waals surface area contributed by atoms with Crippen molar-refractivity contribution in [1.29, 1.82) is 0 Å². The first-order chi connectivity index (χ1) is 12.8. The number of fused-ring (bicyclic) bond motifs is 2. The summed E-state index contributed by atoms with van der Waals surface area (Å²) < 4.78 is 5.74. The highest BCUT2D eigenvalue weighted by Crippen LogP contribution is 2.41. The number of ether oxygens (including phenoxy) is 1. The molecule has 3 nitrogen and oxygen atoms in total. The molecule has 0 spiro atoms. The molecule has 3 heteroatoms. The van der Waals surface area contributed by atoms with Gasteiger partial charge in [0.15, 0.2) is 0 Å². The minimum absolute atomic E-state index is 0.485. The summed E-state index contributed by atoms with van der Waals surface area (Å²) >= 11 is 0. The Morgan fingerprint density at radius 1 is 0.846 bits per heavy atom. The fourth-order valence-electron chi connectivity index (χ4n) is 3.80. The van der Waals surface area contributed by atoms with Crippen molar-refractivity contribution < 1.29 is 4.74 Å². The number of hydrogen-bond acceptors (Lipinski definition) is 3. The van der Waals surface area contributed by atoms with Crippen molar-refractivity contribution >= 4 is 21.7 Å². The SMILES string of the molecule is COc1ccc2ccccc2c1-c1nc(C2CCC2)nc2ccccc12. The van der Waals surface area contributed by atoms with Crippen molar-refractivity contribution in [3.8, 4) is 17.0 Å². The van der Waals surface area contributed by atoms with Gasteiger partial charge in [0.1, 0.15) is 11.6 Å². The Hall–Kier alpha value is -2.94. The summed E-state index contributed by atoms with van der Waals surface area (Å²) in [6, 6.07) is 20.8. The highest BCUT2D eigenvalue weighted by molar-refractivity contribution is 6.05. The quantitative estimate of drug-likeness (QED) is 0.478. The molecule has 0 saturated heterocycles. The van der Waals surface area contributed by atoms with Gasteiger partial charge in [-0.3, -0.25) is 0 Å². The van der Waals surface area contributed by atoms with Gasteiger partial charge in [-0.2, -0.15) is 0 Å². The second-order valence-electron chi connectivity index (χ2n) is 6.94. The van der Waals surface area contributed by atoms with E-state index in [4.69, 9.17) is 14.7 Å². The molecule has 0 amide bonds. The van der Waals surface area contributed by atoms with Gasteiger partial charge in [0, 0.05) is 11.3 Å². The third kappa shape index (κ3) is 2.35. The topological polar surface area (TPSA) is 35.0 Å². The molecule has 128 valence electrons. The predicted molar refractivity (Wildman–Crippen MR) is 106 cm³/mol. The Morgan fingerprint density at radius 3 is 2.38 bits per heavy atom. The molecule has 26 heavy (non-hydrogen) atoms. The second-order valence-corrected chi connectivity index (χ2v) is 6.94. The number of benzene rings is 3. The van der Waals surface area contributed by atoms with Crippen LogP contribution in [0.25, 0.3) is 32.9 Å². The molecule has 1 heterocycles. The van der Waals surface area contributed by atoms with Crippen LogP contribution in [0.1, 0.15) is 31.0 Å². The van der Waals surface area contributed by atoms with E-state index in [1.165, 1.54) is 24.6 Å². The van der Waals surface area contributed by atoms with Crippen LogP contribution in [0.3, 0.4) is 0 Å². The Kier molecular flexibility index (Phi) is 3.59. The van der Waals surface area contributed by atoms with Gasteiger partial charge in [0.25, 0.3) is 0 Å². The van der Waals surface area contributed by atoms with Crippen molar-refractivity contribution in [3.63, 3.8) is 0 Å². The molecule has 1 saturated carbocycles. The van der Waals surface area contributed by atoms with Crippen LogP contribution in [0.2, 0.25) is 0 Å². The van der Waals surface area contributed by atoms with E-state index in [0.717, 1.165) is 39.1 Å². The monoisotopic (exact) mass is 340 g/mol. The van der Waals surface area contributed by atoms with Crippen molar-refractivity contribution in [3.05, 3.63) is 66.5 Å². The predicted octanol–water partition coefficient (Wildman–Crippen LogP) is 5.73. The maximum atomic E-state index is 5.74. The summed E-state index contributed by atoms with van der Waals surface area (Å²) in [5.74, 6) is 2.31. The molecule has 0 unspecified atom stereocenters. The summed E-state index contributed by atoms with van der Waals surface area (Å²) in [4.78, 5) is 9.93. The highest BCUT2D eigenvalue weighted by Gasteiger charge is 2.25. The minimum Gasteiger partial charge on any atom is -0.496 e. The van der Waals surface area contributed by atoms with E-state index in [-0.39, 0.29) is 0 Å². The normalized spacial score (nSPS) is 14.5. The molecular weight excluding hydrogens is 320 g/mol. The lowest BCUT2D eigenvalue weighted by atomic mass is 9.84. The van der Waals surface area contributed by atoms with E-state index >= 15 is 0 Å². The number of aromatic nitrogens is 2. The molecule has 1 aliphatic rings. The van der Waals surface area contributed by atoms with Gasteiger partial charge >= 0.3 is 0 Å². The lowest BCUT2D eigenvalue weighted by Crippen LogP contribution is -2.13. The van der Waals surface area contributed by atoms with Gasteiger partial charge in [-0.05, 0) is 35.7 Å². The lowest BCUT2D eigenvalue weighted by molar-refractivity contribution is 0.402. The molecule has 0 N–H and O–H groups in total. The fourth-order valence-corrected chi connectivity index (χ4v) is 3.80. The zero-order valence-electron chi connectivity index (χ0n) is 14.8. The minimum atomic E-state index is 0.485. The summed E-state index contributed by atoms with van der Waals surface area (Å²) in [5.41, 5.74) is 3.05. The van der Waals surface area contributed by atoms with Gasteiger partial charge in [-0.1, -0.05) is 55.0 Å². The third-order valence-electron chi connectivity index (χ3n) is 5.44. The molecule has 1 fully saturated rings. The number of methoxy groups -OCH3 is 1. The Morgan fingerprint density at radius 2 is 1.62 bits per heavy atom. The smallest absolute Gasteiger partial charge is 0.132 e. The zero-order valence-corrected chi connectivity index (χ0v) is 14.8. The average molecular weight is 340 g/mol. The van der Waals surface area contributed by atoms with Crippen LogP contribution >= 0.6 is 0 Å². The highest BCUT2D eigenvalue weighted by atomic mass is 16.5. The van der Waals surface area contributed by atoms with E-state index in [0.29, 0.717) is 5.92 Å². The van der Waals surface area contributed by atoms with Crippen LogP contribution in [0, 0.1) is 0 Å². The number of rotatable bonds is 3. The van der Waals surface area contributed by atoms with Gasteiger partial charge < -0.3 is 4.74 Å². The van der Waals surface area contributed by atoms with Crippen molar-refractivity contribution in [2.24, 2.45) is 0 Å². The molecule has 0 bridgehead atoms. The van der Waals surface area contributed by atoms with Gasteiger partial charge in [0.2, 0.25) is 0 Å². The van der Waals surface area contributed by atoms with Crippen LogP contribution in [0.15, 0.2) is 60.7 Å². The molecule has 0 atom stereocenters. The largest absolute Gasteiger partial charge is 0.496 e. The summed E-state index contributed by atoms with van der Waals surface area (Å²) in [5, 5.41) is 3.43. The van der Waals surface area contributed by atoms with Crippen molar-refractivity contribution in [2.75, 3.05) is 7.11 Å². The van der Waals surface area contributed by atoms with Crippen LogP contribution in [-0.4, -0.2) is 17.1 Å². The molecule has 0 aliphatic heterocycles. The van der Waals surface area contributed by atoms with E-state index < -0.39 is 0 Å². The van der Waals surface area contributed by atoms with E-state index in [2.05, 4.69) is 48.5 Å². The van der Waals surface area contributed by atoms with Crippen LogP contribution in [0.4, 0.5) is 0 Å². The fraction of sp³-hybridized carbons (Fsp3) is 0.217.